The molecule has 3 heterocycles. The maximum absolute atomic E-state index is 6.33. The van der Waals surface area contributed by atoms with Crippen molar-refractivity contribution < 1.29 is 0 Å². The van der Waals surface area contributed by atoms with Crippen molar-refractivity contribution >= 4 is 40.9 Å². The standard InChI is InChI=1S/C16H16Cl2N4S/c17-12-2-3-13(18)15-11(12)10-14(23-15)21-6-8-22(9-7-21)16-19-4-1-5-20-16/h1-5,14H,6-10H2. The lowest BCUT2D eigenvalue weighted by Gasteiger charge is -2.37. The van der Waals surface area contributed by atoms with Crippen molar-refractivity contribution in [2.24, 2.45) is 0 Å². The maximum atomic E-state index is 6.33. The second kappa shape index (κ2) is 6.48. The summed E-state index contributed by atoms with van der Waals surface area (Å²) < 4.78 is 0. The number of piperazine rings is 1. The van der Waals surface area contributed by atoms with Crippen LogP contribution in [0, 0.1) is 0 Å². The van der Waals surface area contributed by atoms with Gasteiger partial charge in [-0.25, -0.2) is 9.97 Å². The zero-order chi connectivity index (χ0) is 15.8. The molecule has 1 aromatic carbocycles. The van der Waals surface area contributed by atoms with Crippen LogP contribution in [0.1, 0.15) is 5.56 Å². The average Bonchev–Trinajstić information content (AvgIpc) is 3.06. The normalized spacial score (nSPS) is 21.5. The van der Waals surface area contributed by atoms with Gasteiger partial charge in [-0.1, -0.05) is 23.2 Å². The number of hydrogen-bond donors (Lipinski definition) is 0. The second-order valence-electron chi connectivity index (χ2n) is 5.69. The van der Waals surface area contributed by atoms with E-state index in [2.05, 4.69) is 19.8 Å². The fourth-order valence-electron chi connectivity index (χ4n) is 3.11. The van der Waals surface area contributed by atoms with E-state index in [1.807, 2.05) is 30.0 Å². The van der Waals surface area contributed by atoms with Crippen LogP contribution in [0.2, 0.25) is 10.0 Å². The number of fused-ring (bicyclic) bond motifs is 1. The molecule has 1 fully saturated rings. The van der Waals surface area contributed by atoms with E-state index in [0.717, 1.165) is 53.5 Å². The third kappa shape index (κ3) is 3.03. The van der Waals surface area contributed by atoms with Crippen molar-refractivity contribution in [3.63, 3.8) is 0 Å². The van der Waals surface area contributed by atoms with Crippen LogP contribution in [0.15, 0.2) is 35.5 Å². The van der Waals surface area contributed by atoms with Crippen LogP contribution in [0.5, 0.6) is 0 Å². The molecule has 120 valence electrons. The Hall–Kier alpha value is -1.01. The van der Waals surface area contributed by atoms with E-state index in [1.165, 1.54) is 5.56 Å². The molecule has 23 heavy (non-hydrogen) atoms. The second-order valence-corrected chi connectivity index (χ2v) is 7.69. The first-order valence-electron chi connectivity index (χ1n) is 7.62. The topological polar surface area (TPSA) is 32.3 Å². The molecule has 2 aromatic rings. The number of anilines is 1. The van der Waals surface area contributed by atoms with Crippen LogP contribution in [0.25, 0.3) is 0 Å². The Morgan fingerprint density at radius 1 is 1.00 bits per heavy atom. The van der Waals surface area contributed by atoms with Crippen LogP contribution in [-0.2, 0) is 6.42 Å². The van der Waals surface area contributed by atoms with E-state index >= 15 is 0 Å². The lowest BCUT2D eigenvalue weighted by molar-refractivity contribution is 0.241. The molecule has 0 amide bonds. The summed E-state index contributed by atoms with van der Waals surface area (Å²) >= 11 is 14.5. The van der Waals surface area contributed by atoms with Gasteiger partial charge in [0.15, 0.2) is 0 Å². The minimum Gasteiger partial charge on any atom is -0.338 e. The lowest BCUT2D eigenvalue weighted by Crippen LogP contribution is -2.50. The quantitative estimate of drug-likeness (QED) is 0.810. The molecular formula is C16H16Cl2N4S. The molecule has 1 unspecified atom stereocenters. The molecule has 0 radical (unpaired) electrons. The highest BCUT2D eigenvalue weighted by atomic mass is 35.5. The van der Waals surface area contributed by atoms with E-state index in [9.17, 15) is 0 Å². The number of benzene rings is 1. The van der Waals surface area contributed by atoms with Gasteiger partial charge in [0.25, 0.3) is 0 Å². The van der Waals surface area contributed by atoms with Gasteiger partial charge in [0.05, 0.1) is 10.4 Å². The van der Waals surface area contributed by atoms with Crippen molar-refractivity contribution in [2.45, 2.75) is 16.7 Å². The number of aromatic nitrogens is 2. The Morgan fingerprint density at radius 3 is 2.39 bits per heavy atom. The third-order valence-electron chi connectivity index (χ3n) is 4.34. The summed E-state index contributed by atoms with van der Waals surface area (Å²) in [6, 6.07) is 5.64. The predicted octanol–water partition coefficient (Wildman–Crippen LogP) is 3.58. The fraction of sp³-hybridized carbons (Fsp3) is 0.375. The van der Waals surface area contributed by atoms with Gasteiger partial charge in [-0.3, -0.25) is 4.90 Å². The van der Waals surface area contributed by atoms with E-state index in [-0.39, 0.29) is 0 Å². The first-order valence-corrected chi connectivity index (χ1v) is 9.25. The molecule has 0 bridgehead atoms. The van der Waals surface area contributed by atoms with E-state index in [4.69, 9.17) is 23.2 Å². The Balaban J connectivity index is 1.43. The van der Waals surface area contributed by atoms with Gasteiger partial charge in [0, 0.05) is 54.9 Å². The van der Waals surface area contributed by atoms with Crippen molar-refractivity contribution in [3.05, 3.63) is 46.2 Å². The molecule has 7 heteroatoms. The van der Waals surface area contributed by atoms with Crippen LogP contribution in [0.4, 0.5) is 5.95 Å². The Kier molecular flexibility index (Phi) is 4.37. The zero-order valence-corrected chi connectivity index (χ0v) is 14.8. The minimum atomic E-state index is 0.418. The van der Waals surface area contributed by atoms with Crippen molar-refractivity contribution in [1.29, 1.82) is 0 Å². The zero-order valence-electron chi connectivity index (χ0n) is 12.5. The molecular weight excluding hydrogens is 351 g/mol. The smallest absolute Gasteiger partial charge is 0.225 e. The molecule has 4 rings (SSSR count). The summed E-state index contributed by atoms with van der Waals surface area (Å²) in [7, 11) is 0. The molecule has 1 aromatic heterocycles. The van der Waals surface area contributed by atoms with Crippen molar-refractivity contribution in [3.8, 4) is 0 Å². The predicted molar refractivity (Wildman–Crippen MR) is 95.6 cm³/mol. The fourth-order valence-corrected chi connectivity index (χ4v) is 5.11. The molecule has 2 aliphatic heterocycles. The first-order chi connectivity index (χ1) is 11.2. The van der Waals surface area contributed by atoms with Crippen LogP contribution in [-0.4, -0.2) is 46.4 Å². The van der Waals surface area contributed by atoms with Crippen LogP contribution < -0.4 is 4.90 Å². The number of halogens is 2. The summed E-state index contributed by atoms with van der Waals surface area (Å²) in [5.74, 6) is 0.820. The van der Waals surface area contributed by atoms with Crippen LogP contribution in [0.3, 0.4) is 0 Å². The van der Waals surface area contributed by atoms with Gasteiger partial charge in [0.2, 0.25) is 5.95 Å². The van der Waals surface area contributed by atoms with E-state index < -0.39 is 0 Å². The van der Waals surface area contributed by atoms with Crippen LogP contribution >= 0.6 is 35.0 Å². The number of nitrogens with zero attached hydrogens (tertiary/aromatic N) is 4. The largest absolute Gasteiger partial charge is 0.338 e. The highest BCUT2D eigenvalue weighted by Gasteiger charge is 2.32. The third-order valence-corrected chi connectivity index (χ3v) is 6.56. The highest BCUT2D eigenvalue weighted by molar-refractivity contribution is 8.00. The Bertz CT molecular complexity index is 674. The lowest BCUT2D eigenvalue weighted by atomic mass is 10.1. The Morgan fingerprint density at radius 2 is 1.70 bits per heavy atom. The van der Waals surface area contributed by atoms with E-state index in [1.54, 1.807) is 12.4 Å². The molecule has 0 saturated carbocycles. The SMILES string of the molecule is Clc1ccc(Cl)c2c1CC(N1CCN(c3ncccn3)CC1)S2. The molecule has 2 aliphatic rings. The van der Waals surface area contributed by atoms with Gasteiger partial charge in [-0.15, -0.1) is 11.8 Å². The maximum Gasteiger partial charge on any atom is 0.225 e. The number of hydrogen-bond acceptors (Lipinski definition) is 5. The van der Waals surface area contributed by atoms with Gasteiger partial charge in [0.1, 0.15) is 0 Å². The molecule has 1 saturated heterocycles. The summed E-state index contributed by atoms with van der Waals surface area (Å²) in [4.78, 5) is 14.6. The van der Waals surface area contributed by atoms with Gasteiger partial charge < -0.3 is 4.90 Å². The highest BCUT2D eigenvalue weighted by Crippen LogP contribution is 2.45. The van der Waals surface area contributed by atoms with Gasteiger partial charge >= 0.3 is 0 Å². The van der Waals surface area contributed by atoms with E-state index in [0.29, 0.717) is 5.37 Å². The summed E-state index contributed by atoms with van der Waals surface area (Å²) in [5, 5.41) is 2.06. The first kappa shape index (κ1) is 15.5. The molecule has 0 aliphatic carbocycles. The van der Waals surface area contributed by atoms with Gasteiger partial charge in [-0.2, -0.15) is 0 Å². The van der Waals surface area contributed by atoms with Gasteiger partial charge in [-0.05, 0) is 23.8 Å². The van der Waals surface area contributed by atoms with Crippen molar-refractivity contribution in [1.82, 2.24) is 14.9 Å². The number of rotatable bonds is 2. The average molecular weight is 367 g/mol. The summed E-state index contributed by atoms with van der Waals surface area (Å²) in [6.45, 7) is 3.88. The molecule has 1 atom stereocenters. The Labute approximate surface area is 149 Å². The number of thioether (sulfide) groups is 1. The minimum absolute atomic E-state index is 0.418. The monoisotopic (exact) mass is 366 g/mol. The summed E-state index contributed by atoms with van der Waals surface area (Å²) in [6.07, 6.45) is 4.55. The molecule has 4 nitrogen and oxygen atoms in total. The molecule has 0 N–H and O–H groups in total. The van der Waals surface area contributed by atoms with Crippen molar-refractivity contribution in [2.75, 3.05) is 31.1 Å². The molecule has 0 spiro atoms. The summed E-state index contributed by atoms with van der Waals surface area (Å²) in [5.41, 5.74) is 1.20.